The summed E-state index contributed by atoms with van der Waals surface area (Å²) in [6.45, 7) is 5.45. The summed E-state index contributed by atoms with van der Waals surface area (Å²) in [5, 5.41) is 3.29. The summed E-state index contributed by atoms with van der Waals surface area (Å²) in [6.07, 6.45) is 4.23. The second-order valence-corrected chi connectivity index (χ2v) is 7.91. The van der Waals surface area contributed by atoms with E-state index < -0.39 is 0 Å². The van der Waals surface area contributed by atoms with Crippen LogP contribution < -0.4 is 5.32 Å². The monoisotopic (exact) mass is 401 g/mol. The van der Waals surface area contributed by atoms with Crippen LogP contribution in [-0.4, -0.2) is 38.8 Å². The number of hydrogen-bond acceptors (Lipinski definition) is 5. The first kappa shape index (κ1) is 20.0. The summed E-state index contributed by atoms with van der Waals surface area (Å²) >= 11 is 0. The maximum Gasteiger partial charge on any atom is 0.227 e. The summed E-state index contributed by atoms with van der Waals surface area (Å²) in [7, 11) is 0. The van der Waals surface area contributed by atoms with Gasteiger partial charge in [-0.15, -0.1) is 0 Å². The van der Waals surface area contributed by atoms with E-state index in [4.69, 9.17) is 0 Å². The minimum Gasteiger partial charge on any atom is -0.342 e. The zero-order valence-electron chi connectivity index (χ0n) is 17.5. The Kier molecular flexibility index (Phi) is 6.02. The van der Waals surface area contributed by atoms with Crippen LogP contribution in [0.25, 0.3) is 0 Å². The number of rotatable bonds is 5. The van der Waals surface area contributed by atoms with Crippen LogP contribution in [0, 0.1) is 13.8 Å². The molecule has 0 unspecified atom stereocenters. The maximum absolute atomic E-state index is 12.8. The fourth-order valence-electron chi connectivity index (χ4n) is 3.93. The maximum atomic E-state index is 12.8. The van der Waals surface area contributed by atoms with E-state index in [1.54, 1.807) is 6.20 Å². The number of amides is 1. The Bertz CT molecular complexity index is 1020. The minimum atomic E-state index is 0.180. The van der Waals surface area contributed by atoms with Crippen molar-refractivity contribution in [2.45, 2.75) is 39.0 Å². The molecule has 0 aliphatic carbocycles. The van der Waals surface area contributed by atoms with Crippen LogP contribution in [0.15, 0.2) is 54.7 Å². The molecule has 6 nitrogen and oxygen atoms in total. The average molecular weight is 402 g/mol. The number of nitrogens with one attached hydrogen (secondary N) is 1. The highest BCUT2D eigenvalue weighted by molar-refractivity contribution is 5.79. The molecule has 0 radical (unpaired) electrons. The molecule has 3 aromatic rings. The predicted molar refractivity (Wildman–Crippen MR) is 118 cm³/mol. The molecule has 4 rings (SSSR count). The van der Waals surface area contributed by atoms with E-state index in [0.29, 0.717) is 13.0 Å². The van der Waals surface area contributed by atoms with E-state index in [-0.39, 0.29) is 11.8 Å². The molecular weight excluding hydrogens is 374 g/mol. The number of benzene rings is 1. The van der Waals surface area contributed by atoms with Crippen molar-refractivity contribution < 1.29 is 4.79 Å². The lowest BCUT2D eigenvalue weighted by Gasteiger charge is -2.33. The first-order chi connectivity index (χ1) is 14.6. The SMILES string of the molecule is Cc1ccnc(Nc2cc([C@H]3CCCN(C(=O)Cc4ccccc4)C3)nc(C)n2)c1. The summed E-state index contributed by atoms with van der Waals surface area (Å²) in [5.41, 5.74) is 3.17. The Hall–Kier alpha value is -3.28. The zero-order valence-corrected chi connectivity index (χ0v) is 17.5. The van der Waals surface area contributed by atoms with Gasteiger partial charge in [-0.25, -0.2) is 15.0 Å². The van der Waals surface area contributed by atoms with E-state index in [2.05, 4.69) is 20.3 Å². The van der Waals surface area contributed by atoms with Gasteiger partial charge in [0.15, 0.2) is 0 Å². The van der Waals surface area contributed by atoms with Crippen molar-refractivity contribution in [3.63, 3.8) is 0 Å². The Morgan fingerprint density at radius 2 is 1.93 bits per heavy atom. The molecule has 2 aromatic heterocycles. The molecule has 1 amide bonds. The van der Waals surface area contributed by atoms with Crippen molar-refractivity contribution in [2.75, 3.05) is 18.4 Å². The Labute approximate surface area is 177 Å². The van der Waals surface area contributed by atoms with E-state index >= 15 is 0 Å². The molecular formula is C24H27N5O. The Balaban J connectivity index is 1.47. The van der Waals surface area contributed by atoms with Crippen LogP contribution in [0.3, 0.4) is 0 Å². The van der Waals surface area contributed by atoms with Crippen molar-refractivity contribution in [3.8, 4) is 0 Å². The van der Waals surface area contributed by atoms with Crippen molar-refractivity contribution in [1.82, 2.24) is 19.9 Å². The van der Waals surface area contributed by atoms with E-state index in [0.717, 1.165) is 53.7 Å². The second-order valence-electron chi connectivity index (χ2n) is 7.91. The molecule has 30 heavy (non-hydrogen) atoms. The molecule has 0 saturated carbocycles. The van der Waals surface area contributed by atoms with Gasteiger partial charge in [0, 0.05) is 31.3 Å². The first-order valence-corrected chi connectivity index (χ1v) is 10.4. The molecule has 1 saturated heterocycles. The van der Waals surface area contributed by atoms with Crippen LogP contribution in [0.1, 0.15) is 41.4 Å². The van der Waals surface area contributed by atoms with Gasteiger partial charge < -0.3 is 10.2 Å². The fourth-order valence-corrected chi connectivity index (χ4v) is 3.93. The van der Waals surface area contributed by atoms with Gasteiger partial charge in [-0.3, -0.25) is 4.79 Å². The highest BCUT2D eigenvalue weighted by Crippen LogP contribution is 2.28. The molecule has 1 aliphatic heterocycles. The quantitative estimate of drug-likeness (QED) is 0.694. The molecule has 1 N–H and O–H groups in total. The number of aromatic nitrogens is 3. The number of carbonyl (C=O) groups is 1. The lowest BCUT2D eigenvalue weighted by Crippen LogP contribution is -2.40. The van der Waals surface area contributed by atoms with E-state index in [1.165, 1.54) is 0 Å². The number of aryl methyl sites for hydroxylation is 2. The van der Waals surface area contributed by atoms with Crippen molar-refractivity contribution in [2.24, 2.45) is 0 Å². The zero-order chi connectivity index (χ0) is 20.9. The number of carbonyl (C=O) groups excluding carboxylic acids is 1. The Morgan fingerprint density at radius 3 is 2.73 bits per heavy atom. The van der Waals surface area contributed by atoms with Gasteiger partial charge >= 0.3 is 0 Å². The van der Waals surface area contributed by atoms with Gasteiger partial charge in [0.2, 0.25) is 5.91 Å². The third kappa shape index (κ3) is 5.00. The number of nitrogens with zero attached hydrogens (tertiary/aromatic N) is 4. The average Bonchev–Trinajstić information content (AvgIpc) is 2.74. The molecule has 0 spiro atoms. The van der Waals surface area contributed by atoms with Gasteiger partial charge in [0.05, 0.1) is 12.1 Å². The lowest BCUT2D eigenvalue weighted by molar-refractivity contribution is -0.131. The molecule has 3 heterocycles. The van der Waals surface area contributed by atoms with Crippen LogP contribution in [-0.2, 0) is 11.2 Å². The summed E-state index contributed by atoms with van der Waals surface area (Å²) < 4.78 is 0. The van der Waals surface area contributed by atoms with Gasteiger partial charge in [0.25, 0.3) is 0 Å². The van der Waals surface area contributed by atoms with Gasteiger partial charge in [0.1, 0.15) is 17.5 Å². The Morgan fingerprint density at radius 1 is 1.10 bits per heavy atom. The molecule has 0 bridgehead atoms. The summed E-state index contributed by atoms with van der Waals surface area (Å²) in [6, 6.07) is 15.9. The predicted octanol–water partition coefficient (Wildman–Crippen LogP) is 4.18. The number of likely N-dealkylation sites (tertiary alicyclic amines) is 1. The summed E-state index contributed by atoms with van der Waals surface area (Å²) in [5.74, 6) is 2.62. The van der Waals surface area contributed by atoms with Crippen LogP contribution in [0.5, 0.6) is 0 Å². The van der Waals surface area contributed by atoms with Crippen LogP contribution >= 0.6 is 0 Å². The highest BCUT2D eigenvalue weighted by atomic mass is 16.2. The standard InChI is InChI=1S/C24H27N5O/c1-17-10-11-25-22(13-17)28-23-15-21(26-18(2)27-23)20-9-6-12-29(16-20)24(30)14-19-7-4-3-5-8-19/h3-5,7-8,10-11,13,15,20H,6,9,12,14,16H2,1-2H3,(H,25,26,27,28)/t20-/m0/s1. The molecule has 154 valence electrons. The molecule has 1 atom stereocenters. The van der Waals surface area contributed by atoms with Crippen molar-refractivity contribution in [1.29, 1.82) is 0 Å². The smallest absolute Gasteiger partial charge is 0.227 e. The molecule has 6 heteroatoms. The minimum absolute atomic E-state index is 0.180. The van der Waals surface area contributed by atoms with E-state index in [1.807, 2.05) is 67.3 Å². The molecule has 1 fully saturated rings. The number of piperidine rings is 1. The van der Waals surface area contributed by atoms with Crippen LogP contribution in [0.4, 0.5) is 11.6 Å². The third-order valence-corrected chi connectivity index (χ3v) is 5.42. The van der Waals surface area contributed by atoms with E-state index in [9.17, 15) is 4.79 Å². The largest absolute Gasteiger partial charge is 0.342 e. The lowest BCUT2D eigenvalue weighted by atomic mass is 9.94. The number of hydrogen-bond donors (Lipinski definition) is 1. The highest BCUT2D eigenvalue weighted by Gasteiger charge is 2.26. The van der Waals surface area contributed by atoms with Crippen molar-refractivity contribution >= 4 is 17.5 Å². The van der Waals surface area contributed by atoms with Gasteiger partial charge in [-0.1, -0.05) is 30.3 Å². The van der Waals surface area contributed by atoms with Crippen molar-refractivity contribution in [3.05, 3.63) is 77.4 Å². The molecule has 1 aromatic carbocycles. The first-order valence-electron chi connectivity index (χ1n) is 10.4. The van der Waals surface area contributed by atoms with Crippen LogP contribution in [0.2, 0.25) is 0 Å². The van der Waals surface area contributed by atoms with Gasteiger partial charge in [-0.2, -0.15) is 0 Å². The number of pyridine rings is 1. The normalized spacial score (nSPS) is 16.3. The van der Waals surface area contributed by atoms with Gasteiger partial charge in [-0.05, 0) is 49.9 Å². The topological polar surface area (TPSA) is 71.0 Å². The molecule has 1 aliphatic rings. The second kappa shape index (κ2) is 9.03. The third-order valence-electron chi connectivity index (χ3n) is 5.42. The fraction of sp³-hybridized carbons (Fsp3) is 0.333. The summed E-state index contributed by atoms with van der Waals surface area (Å²) in [4.78, 5) is 28.4. The number of anilines is 2.